The number of hydrogen-bond donors (Lipinski definition) is 1. The Morgan fingerprint density at radius 1 is 1.09 bits per heavy atom. The molecule has 0 aliphatic carbocycles. The van der Waals surface area contributed by atoms with E-state index >= 15 is 0 Å². The summed E-state index contributed by atoms with van der Waals surface area (Å²) in [7, 11) is 1.59. The number of carbonyl (C=O) groups excluding carboxylic acids is 1. The molecule has 0 fully saturated rings. The lowest BCUT2D eigenvalue weighted by molar-refractivity contribution is 0.244. The van der Waals surface area contributed by atoms with Gasteiger partial charge in [0.25, 0.3) is 5.89 Å². The Morgan fingerprint density at radius 2 is 1.83 bits per heavy atom. The topological polar surface area (TPSA) is 80.5 Å². The normalized spacial score (nSPS) is 15.8. The lowest BCUT2D eigenvalue weighted by Gasteiger charge is -2.35. The van der Waals surface area contributed by atoms with Gasteiger partial charge in [-0.05, 0) is 73.2 Å². The van der Waals surface area contributed by atoms with E-state index in [1.54, 1.807) is 62.6 Å². The highest BCUT2D eigenvalue weighted by Gasteiger charge is 2.36. The largest absolute Gasteiger partial charge is 0.497 e. The van der Waals surface area contributed by atoms with Crippen LogP contribution in [0.3, 0.4) is 0 Å². The van der Waals surface area contributed by atoms with Crippen LogP contribution in [-0.2, 0) is 0 Å². The molecule has 9 heteroatoms. The number of rotatable bonds is 5. The van der Waals surface area contributed by atoms with Crippen molar-refractivity contribution in [3.8, 4) is 17.1 Å². The molecule has 5 rings (SSSR count). The summed E-state index contributed by atoms with van der Waals surface area (Å²) in [6.07, 6.45) is 0. The molecule has 0 spiro atoms. The monoisotopic (exact) mass is 490 g/mol. The number of allylic oxidation sites excluding steroid dienone is 1. The molecule has 0 radical (unpaired) electrons. The standard InChI is InChI=1S/C26H20ClFN4O3/c1-15-22(25-30-24(31-35-25)16-6-12-21(34-2)13-7-16)23(17-4-3-5-19(28)14-17)29-26(33)32(15)20-10-8-18(27)9-11-20/h3-14,23H,1-2H3,(H,29,33). The Kier molecular flexibility index (Phi) is 5.96. The van der Waals surface area contributed by atoms with Crippen molar-refractivity contribution in [3.63, 3.8) is 0 Å². The molecular weight excluding hydrogens is 471 g/mol. The van der Waals surface area contributed by atoms with Crippen LogP contribution in [0, 0.1) is 5.82 Å². The first-order valence-corrected chi connectivity index (χ1v) is 11.1. The molecular formula is C26H20ClFN4O3. The number of urea groups is 1. The van der Waals surface area contributed by atoms with Gasteiger partial charge in [-0.25, -0.2) is 9.18 Å². The first-order valence-electron chi connectivity index (χ1n) is 10.8. The first-order chi connectivity index (χ1) is 16.9. The molecule has 35 heavy (non-hydrogen) atoms. The van der Waals surface area contributed by atoms with Gasteiger partial charge in [-0.2, -0.15) is 4.98 Å². The van der Waals surface area contributed by atoms with E-state index in [1.165, 1.54) is 17.0 Å². The Morgan fingerprint density at radius 3 is 2.51 bits per heavy atom. The number of carbonyl (C=O) groups is 1. The average Bonchev–Trinajstić information content (AvgIpc) is 3.34. The second-order valence-corrected chi connectivity index (χ2v) is 8.34. The van der Waals surface area contributed by atoms with Gasteiger partial charge in [0.2, 0.25) is 5.82 Å². The maximum absolute atomic E-state index is 14.1. The van der Waals surface area contributed by atoms with Crippen molar-refractivity contribution >= 4 is 28.9 Å². The van der Waals surface area contributed by atoms with Crippen molar-refractivity contribution < 1.29 is 18.4 Å². The first kappa shape index (κ1) is 22.6. The fraction of sp³-hybridized carbons (Fsp3) is 0.115. The van der Waals surface area contributed by atoms with Gasteiger partial charge >= 0.3 is 6.03 Å². The summed E-state index contributed by atoms with van der Waals surface area (Å²) in [5, 5.41) is 7.64. The van der Waals surface area contributed by atoms with Crippen LogP contribution in [0.5, 0.6) is 5.75 Å². The molecule has 4 aromatic rings. The Labute approximate surface area is 205 Å². The SMILES string of the molecule is COc1ccc(-c2noc(C3=C(C)N(c4ccc(Cl)cc4)C(=O)NC3c3cccc(F)c3)n2)cc1. The van der Waals surface area contributed by atoms with E-state index in [4.69, 9.17) is 20.9 Å². The van der Waals surface area contributed by atoms with Crippen LogP contribution in [-0.4, -0.2) is 23.3 Å². The summed E-state index contributed by atoms with van der Waals surface area (Å²) in [6.45, 7) is 1.78. The second-order valence-electron chi connectivity index (χ2n) is 7.90. The Balaban J connectivity index is 1.63. The number of benzene rings is 3. The fourth-order valence-corrected chi connectivity index (χ4v) is 4.17. The molecule has 2 amide bonds. The molecule has 1 unspecified atom stereocenters. The Bertz CT molecular complexity index is 1420. The summed E-state index contributed by atoms with van der Waals surface area (Å²) in [5.41, 5.74) is 3.01. The number of aromatic nitrogens is 2. The minimum Gasteiger partial charge on any atom is -0.497 e. The number of halogens is 2. The third-order valence-corrected chi connectivity index (χ3v) is 6.01. The average molecular weight is 491 g/mol. The highest BCUT2D eigenvalue weighted by molar-refractivity contribution is 6.30. The van der Waals surface area contributed by atoms with Crippen LogP contribution in [0.25, 0.3) is 17.0 Å². The van der Waals surface area contributed by atoms with Gasteiger partial charge in [0.1, 0.15) is 11.6 Å². The lowest BCUT2D eigenvalue weighted by atomic mass is 9.94. The maximum Gasteiger partial charge on any atom is 0.326 e. The van der Waals surface area contributed by atoms with E-state index in [-0.39, 0.29) is 11.9 Å². The third kappa shape index (κ3) is 4.36. The van der Waals surface area contributed by atoms with Crippen molar-refractivity contribution in [3.05, 3.63) is 101 Å². The minimum absolute atomic E-state index is 0.210. The smallest absolute Gasteiger partial charge is 0.326 e. The van der Waals surface area contributed by atoms with Crippen LogP contribution in [0.4, 0.5) is 14.9 Å². The van der Waals surface area contributed by atoms with Crippen molar-refractivity contribution in [2.45, 2.75) is 13.0 Å². The number of anilines is 1. The second kappa shape index (κ2) is 9.23. The number of methoxy groups -OCH3 is 1. The zero-order valence-corrected chi connectivity index (χ0v) is 19.6. The number of hydrogen-bond acceptors (Lipinski definition) is 5. The van der Waals surface area contributed by atoms with Gasteiger partial charge in [0, 0.05) is 16.3 Å². The molecule has 176 valence electrons. The van der Waals surface area contributed by atoms with E-state index in [1.807, 2.05) is 12.1 Å². The lowest BCUT2D eigenvalue weighted by Crippen LogP contribution is -2.46. The van der Waals surface area contributed by atoms with Crippen LogP contribution in [0.1, 0.15) is 24.4 Å². The van der Waals surface area contributed by atoms with E-state index < -0.39 is 11.9 Å². The van der Waals surface area contributed by atoms with Crippen molar-refractivity contribution in [2.24, 2.45) is 0 Å². The summed E-state index contributed by atoms with van der Waals surface area (Å²) in [6, 6.07) is 19.1. The fourth-order valence-electron chi connectivity index (χ4n) is 4.05. The summed E-state index contributed by atoms with van der Waals surface area (Å²) < 4.78 is 25.0. The van der Waals surface area contributed by atoms with Crippen molar-refractivity contribution in [1.82, 2.24) is 15.5 Å². The molecule has 3 aromatic carbocycles. The van der Waals surface area contributed by atoms with E-state index in [9.17, 15) is 9.18 Å². The van der Waals surface area contributed by atoms with Gasteiger partial charge in [-0.3, -0.25) is 4.90 Å². The molecule has 0 saturated carbocycles. The molecule has 2 heterocycles. The summed E-state index contributed by atoms with van der Waals surface area (Å²) in [5.74, 6) is 0.867. The zero-order chi connectivity index (χ0) is 24.5. The molecule has 1 atom stereocenters. The molecule has 1 aliphatic rings. The highest BCUT2D eigenvalue weighted by atomic mass is 35.5. The van der Waals surface area contributed by atoms with Gasteiger partial charge in [-0.1, -0.05) is 28.9 Å². The highest BCUT2D eigenvalue weighted by Crippen LogP contribution is 2.39. The van der Waals surface area contributed by atoms with Gasteiger partial charge in [0.15, 0.2) is 0 Å². The quantitative estimate of drug-likeness (QED) is 0.358. The zero-order valence-electron chi connectivity index (χ0n) is 18.8. The van der Waals surface area contributed by atoms with Crippen molar-refractivity contribution in [1.29, 1.82) is 0 Å². The predicted octanol–water partition coefficient (Wildman–Crippen LogP) is 6.24. The number of amides is 2. The van der Waals surface area contributed by atoms with Crippen molar-refractivity contribution in [2.75, 3.05) is 12.0 Å². The van der Waals surface area contributed by atoms with E-state index in [0.29, 0.717) is 39.1 Å². The third-order valence-electron chi connectivity index (χ3n) is 5.76. The van der Waals surface area contributed by atoms with Gasteiger partial charge < -0.3 is 14.6 Å². The minimum atomic E-state index is -0.703. The molecule has 1 aliphatic heterocycles. The van der Waals surface area contributed by atoms with Crippen LogP contribution >= 0.6 is 11.6 Å². The van der Waals surface area contributed by atoms with Gasteiger partial charge in [-0.15, -0.1) is 0 Å². The predicted molar refractivity (Wildman–Crippen MR) is 130 cm³/mol. The molecule has 1 N–H and O–H groups in total. The summed E-state index contributed by atoms with van der Waals surface area (Å²) in [4.78, 5) is 19.3. The van der Waals surface area contributed by atoms with E-state index in [0.717, 1.165) is 5.56 Å². The number of nitrogens with one attached hydrogen (secondary N) is 1. The molecule has 0 bridgehead atoms. The molecule has 1 aromatic heterocycles. The van der Waals surface area contributed by atoms with Crippen LogP contribution in [0.15, 0.2) is 83.0 Å². The molecule has 0 saturated heterocycles. The molecule has 7 nitrogen and oxygen atoms in total. The van der Waals surface area contributed by atoms with Crippen LogP contribution in [0.2, 0.25) is 5.02 Å². The Hall–Kier alpha value is -4.17. The number of ether oxygens (including phenoxy) is 1. The van der Waals surface area contributed by atoms with Gasteiger partial charge in [0.05, 0.1) is 24.4 Å². The number of nitrogens with zero attached hydrogens (tertiary/aromatic N) is 3. The maximum atomic E-state index is 14.1. The van der Waals surface area contributed by atoms with Crippen LogP contribution < -0.4 is 15.0 Å². The van der Waals surface area contributed by atoms with E-state index in [2.05, 4.69) is 15.5 Å². The summed E-state index contributed by atoms with van der Waals surface area (Å²) >= 11 is 6.04.